The van der Waals surface area contributed by atoms with Crippen LogP contribution in [-0.2, 0) is 20.7 Å². The van der Waals surface area contributed by atoms with Gasteiger partial charge in [0.1, 0.15) is 34.3 Å². The van der Waals surface area contributed by atoms with Gasteiger partial charge in [-0.1, -0.05) is 64.6 Å². The highest BCUT2D eigenvalue weighted by Gasteiger charge is 2.34. The average Bonchev–Trinajstić information content (AvgIpc) is 3.65. The smallest absolute Gasteiger partial charge is 0.444 e. The highest BCUT2D eigenvalue weighted by Crippen LogP contribution is 2.25. The molecular formula is C60H88BClN10O16. The summed E-state index contributed by atoms with van der Waals surface area (Å²) < 4.78 is 20.3. The number of ether oxygens (including phenoxy) is 4. The molecule has 3 saturated heterocycles. The van der Waals surface area contributed by atoms with Gasteiger partial charge in [-0.3, -0.25) is 25.0 Å². The predicted molar refractivity (Wildman–Crippen MR) is 332 cm³/mol. The SMILES string of the molecule is C.CC(C)(C)C=C(C#N)C(=O)N1CCCC[C@H]1CNC(=O)N[C@@H](Cc1ccccc1)B(O)O.CC(C)(C)OC(=O)N1CCCC[C@H]1CN.CC(C)(C)OC(=O)N1CCCC[C@H]1CNC(=O)Oc1ccc([N+](=O)[O-])cc1.O=C(Cl)Oc1ccc([N+](=O)[O-])cc1. The summed E-state index contributed by atoms with van der Waals surface area (Å²) in [6.07, 6.45) is 8.95. The molecule has 88 heavy (non-hydrogen) atoms. The number of nitrogens with zero attached hydrogens (tertiary/aromatic N) is 6. The average molecular weight is 1250 g/mol. The minimum Gasteiger partial charge on any atom is -0.444 e. The molecule has 0 unspecified atom stereocenters. The van der Waals surface area contributed by atoms with Crippen molar-refractivity contribution >= 4 is 65.7 Å². The van der Waals surface area contributed by atoms with Crippen molar-refractivity contribution in [2.75, 3.05) is 39.3 Å². The van der Waals surface area contributed by atoms with Gasteiger partial charge in [0.05, 0.1) is 21.8 Å². The summed E-state index contributed by atoms with van der Waals surface area (Å²) in [5.41, 5.74) is 4.18. The molecule has 7 N–H and O–H groups in total. The van der Waals surface area contributed by atoms with Crippen LogP contribution >= 0.6 is 11.6 Å². The number of non-ortho nitro benzene ring substituents is 2. The van der Waals surface area contributed by atoms with Gasteiger partial charge < -0.3 is 65.4 Å². The summed E-state index contributed by atoms with van der Waals surface area (Å²) in [4.78, 5) is 96.6. The lowest BCUT2D eigenvalue weighted by atomic mass is 9.76. The van der Waals surface area contributed by atoms with E-state index in [0.717, 1.165) is 69.9 Å². The highest BCUT2D eigenvalue weighted by molar-refractivity contribution is 6.61. The Morgan fingerprint density at radius 3 is 1.55 bits per heavy atom. The molecule has 6 amide bonds. The van der Waals surface area contributed by atoms with Crippen LogP contribution in [0.2, 0.25) is 0 Å². The van der Waals surface area contributed by atoms with Gasteiger partial charge in [0.25, 0.3) is 17.3 Å². The van der Waals surface area contributed by atoms with Crippen molar-refractivity contribution < 1.29 is 67.6 Å². The van der Waals surface area contributed by atoms with Crippen molar-refractivity contribution in [3.63, 3.8) is 0 Å². The van der Waals surface area contributed by atoms with Gasteiger partial charge in [-0.2, -0.15) is 5.26 Å². The number of nitrogens with two attached hydrogens (primary N) is 1. The number of amides is 6. The Balaban J connectivity index is 0.000000423. The second-order valence-electron chi connectivity index (χ2n) is 23.7. The molecule has 484 valence electrons. The third-order valence-corrected chi connectivity index (χ3v) is 13.1. The number of carbonyl (C=O) groups is 6. The van der Waals surface area contributed by atoms with Crippen molar-refractivity contribution in [3.05, 3.63) is 116 Å². The first-order valence-corrected chi connectivity index (χ1v) is 29.1. The summed E-state index contributed by atoms with van der Waals surface area (Å²) in [7, 11) is -1.71. The van der Waals surface area contributed by atoms with Gasteiger partial charge in [0.15, 0.2) is 0 Å². The zero-order valence-electron chi connectivity index (χ0n) is 51.0. The monoisotopic (exact) mass is 1250 g/mol. The molecule has 3 aromatic carbocycles. The molecule has 28 heteroatoms. The number of nitrogens with one attached hydrogen (secondary N) is 3. The van der Waals surface area contributed by atoms with E-state index in [1.807, 2.05) is 98.7 Å². The van der Waals surface area contributed by atoms with Gasteiger partial charge in [-0.15, -0.1) is 0 Å². The first-order chi connectivity index (χ1) is 40.8. The standard InChI is InChI=1S/C23H33BN4O4.C18H25N3O6.C11H22N2O2.C7H4ClNO4.CH4/c1-23(2,3)14-18(15-25)21(29)28-12-8-7-11-19(28)16-26-22(30)27-20(24(31)32)13-17-9-5-4-6-10-17;1-18(2,3)27-17(23)20-11-5-4-6-14(20)12-19-16(22)26-15-9-7-13(8-10-15)21(24)25;1-11(2,3)15-10(14)13-7-5-4-6-9(13)8-12;8-7(10)13-6-3-1-5(2-4-6)9(11)12;/h4-6,9-10,14,19-20,31-32H,7-8,11-13,16H2,1-3H3,(H2,26,27,30);7-10,14H,4-6,11-12H2,1-3H3,(H,19,22);9H,4-8,12H2,1-3H3;1-4H;1H4/t19-,20-;14-;9-;;/m000../s1. The molecule has 0 saturated carbocycles. The van der Waals surface area contributed by atoms with E-state index >= 15 is 0 Å². The molecule has 0 bridgehead atoms. The van der Waals surface area contributed by atoms with Crippen molar-refractivity contribution in [2.24, 2.45) is 11.1 Å². The van der Waals surface area contributed by atoms with E-state index in [4.69, 9.17) is 31.5 Å². The number of nitro benzene ring substituents is 2. The van der Waals surface area contributed by atoms with Crippen LogP contribution in [-0.4, -0.2) is 152 Å². The topological polar surface area (TPSA) is 362 Å². The van der Waals surface area contributed by atoms with Gasteiger partial charge >= 0.3 is 36.9 Å². The Morgan fingerprint density at radius 1 is 0.693 bits per heavy atom. The largest absolute Gasteiger partial charge is 0.475 e. The van der Waals surface area contributed by atoms with Crippen LogP contribution in [0.1, 0.15) is 133 Å². The number of nitro groups is 2. The van der Waals surface area contributed by atoms with Crippen molar-refractivity contribution in [3.8, 4) is 17.6 Å². The first-order valence-electron chi connectivity index (χ1n) is 28.7. The number of hydrogen-bond acceptors (Lipinski definition) is 18. The van der Waals surface area contributed by atoms with Gasteiger partial charge in [0.2, 0.25) is 0 Å². The van der Waals surface area contributed by atoms with Gasteiger partial charge in [-0.25, -0.2) is 24.0 Å². The molecule has 4 atom stereocenters. The fourth-order valence-corrected chi connectivity index (χ4v) is 9.12. The van der Waals surface area contributed by atoms with Crippen molar-refractivity contribution in [1.29, 1.82) is 5.26 Å². The number of hydrogen-bond donors (Lipinski definition) is 6. The normalized spacial score (nSPS) is 17.0. The number of piperidine rings is 3. The Bertz CT molecular complexity index is 2810. The van der Waals surface area contributed by atoms with Crippen LogP contribution in [0.25, 0.3) is 0 Å². The lowest BCUT2D eigenvalue weighted by Crippen LogP contribution is -2.54. The summed E-state index contributed by atoms with van der Waals surface area (Å²) in [6, 6.07) is 20.7. The number of likely N-dealkylation sites (tertiary alicyclic amines) is 3. The number of carbonyl (C=O) groups excluding carboxylic acids is 6. The Morgan fingerprint density at radius 2 is 1.12 bits per heavy atom. The van der Waals surface area contributed by atoms with Crippen LogP contribution < -0.4 is 31.2 Å². The molecule has 3 heterocycles. The van der Waals surface area contributed by atoms with E-state index in [1.165, 1.54) is 48.5 Å². The fraction of sp³-hybridized carbons (Fsp3) is 0.550. The maximum absolute atomic E-state index is 13.0. The Hall–Kier alpha value is -8.06. The molecule has 0 spiro atoms. The lowest BCUT2D eigenvalue weighted by Gasteiger charge is -2.36. The maximum atomic E-state index is 13.0. The van der Waals surface area contributed by atoms with Crippen LogP contribution in [0.4, 0.5) is 35.3 Å². The lowest BCUT2D eigenvalue weighted by molar-refractivity contribution is -0.385. The minimum atomic E-state index is -1.71. The molecule has 3 aliphatic heterocycles. The van der Waals surface area contributed by atoms with Gasteiger partial charge in [0, 0.05) is 87.2 Å². The highest BCUT2D eigenvalue weighted by atomic mass is 35.5. The second kappa shape index (κ2) is 36.9. The predicted octanol–water partition coefficient (Wildman–Crippen LogP) is 9.96. The maximum Gasteiger partial charge on any atom is 0.475 e. The summed E-state index contributed by atoms with van der Waals surface area (Å²) in [5, 5.41) is 57.6. The first kappa shape index (κ1) is 76.0. The van der Waals surface area contributed by atoms with Crippen LogP contribution in [0.3, 0.4) is 0 Å². The van der Waals surface area contributed by atoms with E-state index in [2.05, 4.69) is 20.7 Å². The van der Waals surface area contributed by atoms with Gasteiger partial charge in [-0.05, 0) is 141 Å². The van der Waals surface area contributed by atoms with E-state index in [1.54, 1.807) is 20.8 Å². The number of allylic oxidation sites excluding steroid dienone is 1. The minimum absolute atomic E-state index is 0. The third kappa shape index (κ3) is 29.1. The third-order valence-electron chi connectivity index (χ3n) is 13.1. The number of halogens is 1. The molecular weight excluding hydrogens is 1160 g/mol. The summed E-state index contributed by atoms with van der Waals surface area (Å²) >= 11 is 4.92. The molecule has 0 aromatic heterocycles. The second-order valence-corrected chi connectivity index (χ2v) is 24.1. The molecule has 0 aliphatic carbocycles. The van der Waals surface area contributed by atoms with Crippen LogP contribution in [0, 0.1) is 37.0 Å². The molecule has 3 aromatic rings. The van der Waals surface area contributed by atoms with E-state index in [9.17, 15) is 64.3 Å². The molecule has 26 nitrogen and oxygen atoms in total. The van der Waals surface area contributed by atoms with Crippen molar-refractivity contribution in [1.82, 2.24) is 30.7 Å². The number of rotatable bonds is 14. The summed E-state index contributed by atoms with van der Waals surface area (Å²) in [6.45, 7) is 19.7. The van der Waals surface area contributed by atoms with Crippen LogP contribution in [0.15, 0.2) is 90.5 Å². The van der Waals surface area contributed by atoms with E-state index in [0.29, 0.717) is 19.6 Å². The van der Waals surface area contributed by atoms with E-state index < -0.39 is 57.8 Å². The van der Waals surface area contributed by atoms with Crippen LogP contribution in [0.5, 0.6) is 11.5 Å². The van der Waals surface area contributed by atoms with E-state index in [-0.39, 0.29) is 90.9 Å². The number of nitriles is 1. The Labute approximate surface area is 520 Å². The Kier molecular flexibility index (Phi) is 31.9. The fourth-order valence-electron chi connectivity index (χ4n) is 9.03. The number of benzene rings is 3. The molecule has 0 radical (unpaired) electrons. The molecule has 6 rings (SSSR count). The molecule has 3 fully saturated rings. The zero-order chi connectivity index (χ0) is 65.1. The number of urea groups is 1. The molecule has 3 aliphatic rings. The zero-order valence-corrected chi connectivity index (χ0v) is 51.8. The quantitative estimate of drug-likeness (QED) is 0.0218. The summed E-state index contributed by atoms with van der Waals surface area (Å²) in [5.74, 6) is -0.820. The van der Waals surface area contributed by atoms with Crippen molar-refractivity contribution in [2.45, 2.75) is 169 Å².